The first-order valence-corrected chi connectivity index (χ1v) is 6.66. The molecule has 0 aliphatic carbocycles. The molecular formula is C15H16N2O3. The maximum atomic E-state index is 11.8. The first-order valence-electron chi connectivity index (χ1n) is 6.66. The molecule has 0 bridgehead atoms. The molecule has 5 nitrogen and oxygen atoms in total. The molecule has 1 atom stereocenters. The zero-order valence-corrected chi connectivity index (χ0v) is 11.1. The van der Waals surface area contributed by atoms with E-state index in [9.17, 15) is 4.79 Å². The van der Waals surface area contributed by atoms with E-state index >= 15 is 0 Å². The number of carbonyl (C=O) groups excluding carboxylic acids is 1. The SMILES string of the molecule is O=C(OCc1ccc(-n2cccn2)cc1)C1CCOC1. The summed E-state index contributed by atoms with van der Waals surface area (Å²) in [5.41, 5.74) is 1.95. The minimum absolute atomic E-state index is 0.0988. The number of carbonyl (C=O) groups is 1. The highest BCUT2D eigenvalue weighted by atomic mass is 16.5. The molecule has 1 aliphatic heterocycles. The summed E-state index contributed by atoms with van der Waals surface area (Å²) < 4.78 is 12.3. The van der Waals surface area contributed by atoms with Gasteiger partial charge in [-0.05, 0) is 30.2 Å². The van der Waals surface area contributed by atoms with Crippen LogP contribution in [0.25, 0.3) is 5.69 Å². The van der Waals surface area contributed by atoms with Crippen LogP contribution in [0.1, 0.15) is 12.0 Å². The normalized spacial score (nSPS) is 18.1. The molecule has 0 amide bonds. The molecule has 2 aromatic rings. The van der Waals surface area contributed by atoms with E-state index in [1.165, 1.54) is 0 Å². The van der Waals surface area contributed by atoms with Gasteiger partial charge in [0.25, 0.3) is 0 Å². The van der Waals surface area contributed by atoms with Crippen LogP contribution in [0.4, 0.5) is 0 Å². The zero-order valence-electron chi connectivity index (χ0n) is 11.1. The molecule has 2 heterocycles. The number of hydrogen-bond acceptors (Lipinski definition) is 4. The first kappa shape index (κ1) is 12.9. The quantitative estimate of drug-likeness (QED) is 0.798. The van der Waals surface area contributed by atoms with E-state index in [4.69, 9.17) is 9.47 Å². The van der Waals surface area contributed by atoms with E-state index in [1.54, 1.807) is 10.9 Å². The monoisotopic (exact) mass is 272 g/mol. The van der Waals surface area contributed by atoms with Gasteiger partial charge in [0.15, 0.2) is 0 Å². The Hall–Kier alpha value is -2.14. The second-order valence-corrected chi connectivity index (χ2v) is 4.79. The molecule has 20 heavy (non-hydrogen) atoms. The Bertz CT molecular complexity index is 557. The molecule has 104 valence electrons. The Morgan fingerprint density at radius 2 is 2.25 bits per heavy atom. The molecule has 0 spiro atoms. The predicted molar refractivity (Wildman–Crippen MR) is 72.3 cm³/mol. The van der Waals surface area contributed by atoms with Crippen LogP contribution in [0.2, 0.25) is 0 Å². The van der Waals surface area contributed by atoms with Crippen LogP contribution in [0.5, 0.6) is 0 Å². The molecule has 3 rings (SSSR count). The van der Waals surface area contributed by atoms with Crippen molar-refractivity contribution in [3.05, 3.63) is 48.3 Å². The Kier molecular flexibility index (Phi) is 3.78. The van der Waals surface area contributed by atoms with E-state index in [2.05, 4.69) is 5.10 Å². The van der Waals surface area contributed by atoms with E-state index < -0.39 is 0 Å². The van der Waals surface area contributed by atoms with Crippen LogP contribution >= 0.6 is 0 Å². The summed E-state index contributed by atoms with van der Waals surface area (Å²) in [5, 5.41) is 4.16. The molecule has 0 saturated carbocycles. The predicted octanol–water partition coefficient (Wildman–Crippen LogP) is 1.95. The second-order valence-electron chi connectivity index (χ2n) is 4.79. The van der Waals surface area contributed by atoms with Crippen LogP contribution in [0.15, 0.2) is 42.7 Å². The molecular weight excluding hydrogens is 256 g/mol. The van der Waals surface area contributed by atoms with Gasteiger partial charge in [0, 0.05) is 19.0 Å². The maximum absolute atomic E-state index is 11.8. The fourth-order valence-corrected chi connectivity index (χ4v) is 2.16. The van der Waals surface area contributed by atoms with E-state index in [1.807, 2.05) is 36.5 Å². The number of hydrogen-bond donors (Lipinski definition) is 0. The van der Waals surface area contributed by atoms with Crippen molar-refractivity contribution in [2.45, 2.75) is 13.0 Å². The Balaban J connectivity index is 1.57. The molecule has 5 heteroatoms. The van der Waals surface area contributed by atoms with Gasteiger partial charge in [-0.2, -0.15) is 5.10 Å². The van der Waals surface area contributed by atoms with Crippen molar-refractivity contribution in [2.75, 3.05) is 13.2 Å². The number of ether oxygens (including phenoxy) is 2. The summed E-state index contributed by atoms with van der Waals surface area (Å²) >= 11 is 0. The lowest BCUT2D eigenvalue weighted by molar-refractivity contribution is -0.149. The van der Waals surface area contributed by atoms with Crippen molar-refractivity contribution in [3.63, 3.8) is 0 Å². The minimum Gasteiger partial charge on any atom is -0.461 e. The van der Waals surface area contributed by atoms with Gasteiger partial charge in [-0.3, -0.25) is 4.79 Å². The van der Waals surface area contributed by atoms with Gasteiger partial charge in [0.05, 0.1) is 18.2 Å². The fourth-order valence-electron chi connectivity index (χ4n) is 2.16. The summed E-state index contributed by atoms with van der Waals surface area (Å²) in [7, 11) is 0. The second kappa shape index (κ2) is 5.88. The minimum atomic E-state index is -0.168. The number of esters is 1. The Labute approximate surface area is 117 Å². The van der Waals surface area contributed by atoms with Crippen molar-refractivity contribution in [3.8, 4) is 5.69 Å². The lowest BCUT2D eigenvalue weighted by Gasteiger charge is -2.09. The standard InChI is InChI=1S/C15H16N2O3/c18-15(13-6-9-19-11-13)20-10-12-2-4-14(5-3-12)17-8-1-7-16-17/h1-5,7-8,13H,6,9-11H2. The van der Waals surface area contributed by atoms with Crippen LogP contribution < -0.4 is 0 Å². The Morgan fingerprint density at radius 1 is 1.40 bits per heavy atom. The van der Waals surface area contributed by atoms with E-state index in [0.717, 1.165) is 17.7 Å². The van der Waals surface area contributed by atoms with Gasteiger partial charge in [-0.25, -0.2) is 4.68 Å². The summed E-state index contributed by atoms with van der Waals surface area (Å²) in [6, 6.07) is 9.66. The zero-order chi connectivity index (χ0) is 13.8. The summed E-state index contributed by atoms with van der Waals surface area (Å²) in [6.45, 7) is 1.43. The average Bonchev–Trinajstić information content (AvgIpc) is 3.18. The van der Waals surface area contributed by atoms with E-state index in [-0.39, 0.29) is 11.9 Å². The van der Waals surface area contributed by atoms with Crippen molar-refractivity contribution in [2.24, 2.45) is 5.92 Å². The third kappa shape index (κ3) is 2.88. The van der Waals surface area contributed by atoms with Crippen molar-refractivity contribution < 1.29 is 14.3 Å². The molecule has 1 aliphatic rings. The fraction of sp³-hybridized carbons (Fsp3) is 0.333. The van der Waals surface area contributed by atoms with Crippen molar-refractivity contribution in [1.29, 1.82) is 0 Å². The Morgan fingerprint density at radius 3 is 2.90 bits per heavy atom. The lowest BCUT2D eigenvalue weighted by atomic mass is 10.1. The molecule has 0 radical (unpaired) electrons. The lowest BCUT2D eigenvalue weighted by Crippen LogP contribution is -2.17. The van der Waals surface area contributed by atoms with Crippen molar-refractivity contribution >= 4 is 5.97 Å². The number of benzene rings is 1. The molecule has 0 N–H and O–H groups in total. The molecule has 1 fully saturated rings. The number of nitrogens with zero attached hydrogens (tertiary/aromatic N) is 2. The van der Waals surface area contributed by atoms with E-state index in [0.29, 0.717) is 19.8 Å². The highest BCUT2D eigenvalue weighted by Gasteiger charge is 2.24. The molecule has 1 aromatic heterocycles. The van der Waals surface area contributed by atoms with Gasteiger partial charge in [0.1, 0.15) is 6.61 Å². The topological polar surface area (TPSA) is 53.4 Å². The summed E-state index contributed by atoms with van der Waals surface area (Å²) in [5.74, 6) is -0.267. The van der Waals surface area contributed by atoms with Gasteiger partial charge in [0.2, 0.25) is 0 Å². The van der Waals surface area contributed by atoms with Gasteiger partial charge >= 0.3 is 5.97 Å². The molecule has 1 aromatic carbocycles. The smallest absolute Gasteiger partial charge is 0.311 e. The van der Waals surface area contributed by atoms with Gasteiger partial charge < -0.3 is 9.47 Å². The summed E-state index contributed by atoms with van der Waals surface area (Å²) in [4.78, 5) is 11.8. The highest BCUT2D eigenvalue weighted by Crippen LogP contribution is 2.15. The van der Waals surface area contributed by atoms with Gasteiger partial charge in [-0.15, -0.1) is 0 Å². The largest absolute Gasteiger partial charge is 0.461 e. The first-order chi connectivity index (χ1) is 9.83. The third-order valence-corrected chi connectivity index (χ3v) is 3.35. The third-order valence-electron chi connectivity index (χ3n) is 3.35. The van der Waals surface area contributed by atoms with Gasteiger partial charge in [-0.1, -0.05) is 12.1 Å². The maximum Gasteiger partial charge on any atom is 0.311 e. The number of aromatic nitrogens is 2. The molecule has 1 unspecified atom stereocenters. The van der Waals surface area contributed by atoms with Crippen LogP contribution in [0.3, 0.4) is 0 Å². The van der Waals surface area contributed by atoms with Crippen molar-refractivity contribution in [1.82, 2.24) is 9.78 Å². The molecule has 1 saturated heterocycles. The highest BCUT2D eigenvalue weighted by molar-refractivity contribution is 5.72. The van der Waals surface area contributed by atoms with Crippen LogP contribution in [-0.4, -0.2) is 29.0 Å². The number of rotatable bonds is 4. The average molecular weight is 272 g/mol. The van der Waals surface area contributed by atoms with Crippen LogP contribution in [-0.2, 0) is 20.9 Å². The summed E-state index contributed by atoms with van der Waals surface area (Å²) in [6.07, 6.45) is 4.38. The van der Waals surface area contributed by atoms with Crippen LogP contribution in [0, 0.1) is 5.92 Å².